The van der Waals surface area contributed by atoms with Gasteiger partial charge >= 0.3 is 12.1 Å². The van der Waals surface area contributed by atoms with Crippen molar-refractivity contribution in [3.63, 3.8) is 0 Å². The number of pyridine rings is 1. The first kappa shape index (κ1) is 47.1. The Hall–Kier alpha value is -3.96. The highest BCUT2D eigenvalue weighted by atomic mass is 16.7. The Kier molecular flexibility index (Phi) is 15.2. The van der Waals surface area contributed by atoms with Crippen LogP contribution in [-0.4, -0.2) is 142 Å². The summed E-state index contributed by atoms with van der Waals surface area (Å²) in [5.41, 5.74) is -1.06. The monoisotopic (exact) mass is 841 g/mol. The van der Waals surface area contributed by atoms with Gasteiger partial charge in [-0.05, 0) is 80.0 Å². The van der Waals surface area contributed by atoms with Gasteiger partial charge in [-0.1, -0.05) is 27.7 Å². The Balaban J connectivity index is 1.42. The number of methoxy groups -OCH3 is 2. The molecule has 1 amide bonds. The summed E-state index contributed by atoms with van der Waals surface area (Å²) in [5, 5.41) is 11.5. The average molecular weight is 842 g/mol. The number of carbonyl (C=O) groups excluding carboxylic acids is 4. The lowest BCUT2D eigenvalue weighted by Crippen LogP contribution is -2.60. The molecule has 0 spiro atoms. The van der Waals surface area contributed by atoms with Crippen LogP contribution in [0.15, 0.2) is 30.9 Å². The number of Topliss-reactive ketones (excluding diaryl/α,β-unsaturated/α-hetero) is 2. The second-order valence-corrected chi connectivity index (χ2v) is 17.7. The van der Waals surface area contributed by atoms with Gasteiger partial charge in [-0.2, -0.15) is 0 Å². The Bertz CT molecular complexity index is 1810. The fourth-order valence-electron chi connectivity index (χ4n) is 9.57. The number of aliphatic hydroxyl groups excluding tert-OH is 1. The number of aryl methyl sites for hydroxylation is 1. The molecule has 3 saturated heterocycles. The molecule has 13 atom stereocenters. The van der Waals surface area contributed by atoms with E-state index in [0.29, 0.717) is 31.7 Å². The van der Waals surface area contributed by atoms with E-state index in [4.69, 9.17) is 28.4 Å². The van der Waals surface area contributed by atoms with E-state index in [2.05, 4.69) is 9.97 Å². The SMILES string of the molecule is CC[C@H]1OC(=O)[C@H](C)C(=O)[C@H](C)[C@@H](O[C@@H]2O[C@H](C)C[C@H](N(C)C)[C@H]2O)[C@@](C)(OC)C[C@@H](C)C(=O)[C@H](C)[C@H]2N(CCCCn3cnc(-c4ccc(OC)nc4)c3)C(=O)O[C@]12C. The van der Waals surface area contributed by atoms with Gasteiger partial charge in [0, 0.05) is 68.0 Å². The third-order valence-electron chi connectivity index (χ3n) is 13.1. The number of ether oxygens (including phenoxy) is 6. The number of hydrogen-bond acceptors (Lipinski definition) is 14. The van der Waals surface area contributed by atoms with Crippen molar-refractivity contribution in [3.8, 4) is 17.1 Å². The number of esters is 1. The van der Waals surface area contributed by atoms with E-state index in [1.165, 1.54) is 14.0 Å². The molecule has 0 bridgehead atoms. The number of amides is 1. The highest BCUT2D eigenvalue weighted by Crippen LogP contribution is 2.43. The van der Waals surface area contributed by atoms with Gasteiger partial charge in [0.1, 0.15) is 23.9 Å². The normalized spacial score (nSPS) is 35.8. The van der Waals surface area contributed by atoms with Gasteiger partial charge in [0.2, 0.25) is 5.88 Å². The molecule has 0 aromatic carbocycles. The minimum absolute atomic E-state index is 0.123. The molecule has 3 fully saturated rings. The number of unbranched alkanes of at least 4 members (excludes halogenated alkanes) is 1. The first-order valence-corrected chi connectivity index (χ1v) is 21.3. The minimum atomic E-state index is -1.41. The highest BCUT2D eigenvalue weighted by Gasteiger charge is 2.60. The lowest BCUT2D eigenvalue weighted by Gasteiger charge is -2.47. The second kappa shape index (κ2) is 19.4. The summed E-state index contributed by atoms with van der Waals surface area (Å²) in [6.07, 6.45) is 2.55. The molecular weight excluding hydrogens is 775 g/mol. The molecule has 0 aliphatic carbocycles. The molecule has 2 aromatic rings. The van der Waals surface area contributed by atoms with Crippen LogP contribution in [0.25, 0.3) is 11.3 Å². The third-order valence-corrected chi connectivity index (χ3v) is 13.1. The van der Waals surface area contributed by atoms with Crippen LogP contribution in [0, 0.1) is 23.7 Å². The van der Waals surface area contributed by atoms with Crippen LogP contribution in [0.5, 0.6) is 5.88 Å². The molecule has 0 unspecified atom stereocenters. The number of aliphatic hydroxyl groups is 1. The molecule has 16 heteroatoms. The summed E-state index contributed by atoms with van der Waals surface area (Å²) in [7, 11) is 6.80. The number of nitrogens with zero attached hydrogens (tertiary/aromatic N) is 5. The molecule has 5 heterocycles. The van der Waals surface area contributed by atoms with Crippen LogP contribution in [0.3, 0.4) is 0 Å². The van der Waals surface area contributed by atoms with Gasteiger partial charge in [-0.15, -0.1) is 0 Å². The van der Waals surface area contributed by atoms with Gasteiger partial charge in [0.05, 0.1) is 43.0 Å². The Labute approximate surface area is 354 Å². The van der Waals surface area contributed by atoms with Crippen molar-refractivity contribution in [2.75, 3.05) is 34.9 Å². The van der Waals surface area contributed by atoms with Crippen molar-refractivity contribution < 1.29 is 52.7 Å². The molecule has 2 aromatic heterocycles. The van der Waals surface area contributed by atoms with Crippen LogP contribution < -0.4 is 4.74 Å². The van der Waals surface area contributed by atoms with Gasteiger partial charge in [0.15, 0.2) is 17.7 Å². The number of ketones is 2. The summed E-state index contributed by atoms with van der Waals surface area (Å²) in [6, 6.07) is 2.59. The Morgan fingerprint density at radius 3 is 2.28 bits per heavy atom. The number of fused-ring (bicyclic) bond motifs is 1. The highest BCUT2D eigenvalue weighted by molar-refractivity contribution is 6.00. The molecule has 60 heavy (non-hydrogen) atoms. The zero-order valence-electron chi connectivity index (χ0n) is 37.5. The summed E-state index contributed by atoms with van der Waals surface area (Å²) in [6.45, 7) is 14.9. The summed E-state index contributed by atoms with van der Waals surface area (Å²) >= 11 is 0. The Morgan fingerprint density at radius 1 is 0.967 bits per heavy atom. The maximum absolute atomic E-state index is 14.7. The standard InChI is InChI=1S/C44H67N5O11/c1-13-33-44(8)38(49(42(54)60-44)19-15-14-18-48-23-31(46-24-48)30-16-17-34(55-11)45-22-30)27(4)35(50)25(2)21-43(7,56-12)39(28(5)36(51)29(6)40(53)58-33)59-41-37(52)32(47(9)10)20-26(3)57-41/h16-17,22-29,32-33,37-39,41,52H,13-15,18-21H2,1-12H3/t25-,26-,27+,28+,29-,32+,33-,37-,38-,39-,41+,43+,44-/m1/s1. The van der Waals surface area contributed by atoms with Crippen LogP contribution in [-0.2, 0) is 44.6 Å². The topological polar surface area (TPSA) is 181 Å². The molecule has 334 valence electrons. The number of likely N-dealkylation sites (N-methyl/N-ethyl adjacent to an activating group) is 1. The second-order valence-electron chi connectivity index (χ2n) is 17.7. The smallest absolute Gasteiger partial charge is 0.410 e. The minimum Gasteiger partial charge on any atom is -0.481 e. The van der Waals surface area contributed by atoms with E-state index in [1.807, 2.05) is 56.6 Å². The first-order chi connectivity index (χ1) is 28.3. The molecule has 0 radical (unpaired) electrons. The predicted octanol–water partition coefficient (Wildman–Crippen LogP) is 4.94. The predicted molar refractivity (Wildman–Crippen MR) is 221 cm³/mol. The zero-order valence-corrected chi connectivity index (χ0v) is 37.5. The van der Waals surface area contributed by atoms with Gasteiger partial charge in [-0.25, -0.2) is 14.8 Å². The zero-order chi connectivity index (χ0) is 44.3. The molecule has 5 rings (SSSR count). The lowest BCUT2D eigenvalue weighted by molar-refractivity contribution is -0.295. The van der Waals surface area contributed by atoms with Gasteiger partial charge < -0.3 is 47.9 Å². The number of imidazole rings is 1. The number of rotatable bonds is 12. The van der Waals surface area contributed by atoms with Crippen molar-refractivity contribution in [3.05, 3.63) is 30.9 Å². The first-order valence-electron chi connectivity index (χ1n) is 21.3. The van der Waals surface area contributed by atoms with E-state index in [-0.39, 0.29) is 37.3 Å². The van der Waals surface area contributed by atoms with Crippen LogP contribution >= 0.6 is 0 Å². The van der Waals surface area contributed by atoms with E-state index in [9.17, 15) is 24.3 Å². The van der Waals surface area contributed by atoms with Crippen molar-refractivity contribution in [2.45, 2.75) is 148 Å². The fraction of sp³-hybridized carbons (Fsp3) is 0.727. The van der Waals surface area contributed by atoms with Crippen molar-refractivity contribution in [1.29, 1.82) is 0 Å². The number of carbonyl (C=O) groups is 4. The number of aromatic nitrogens is 3. The molecular formula is C44H67N5O11. The van der Waals surface area contributed by atoms with Gasteiger partial charge in [-0.3, -0.25) is 14.4 Å². The third kappa shape index (κ3) is 9.72. The average Bonchev–Trinajstić information content (AvgIpc) is 3.80. The lowest BCUT2D eigenvalue weighted by atomic mass is 9.73. The van der Waals surface area contributed by atoms with Crippen molar-refractivity contribution in [2.24, 2.45) is 23.7 Å². The maximum Gasteiger partial charge on any atom is 0.410 e. The van der Waals surface area contributed by atoms with Gasteiger partial charge in [0.25, 0.3) is 0 Å². The van der Waals surface area contributed by atoms with E-state index < -0.39 is 83.4 Å². The summed E-state index contributed by atoms with van der Waals surface area (Å²) in [4.78, 5) is 69.2. The molecule has 3 aliphatic rings. The molecule has 1 N–H and O–H groups in total. The maximum atomic E-state index is 14.7. The molecule has 16 nitrogen and oxygen atoms in total. The fourth-order valence-corrected chi connectivity index (χ4v) is 9.57. The van der Waals surface area contributed by atoms with E-state index >= 15 is 0 Å². The largest absolute Gasteiger partial charge is 0.481 e. The van der Waals surface area contributed by atoms with Crippen molar-refractivity contribution >= 4 is 23.6 Å². The summed E-state index contributed by atoms with van der Waals surface area (Å²) in [5.74, 6) is -4.48. The number of cyclic esters (lactones) is 1. The van der Waals surface area contributed by atoms with Crippen LogP contribution in [0.1, 0.15) is 87.5 Å². The number of hydrogen-bond donors (Lipinski definition) is 1. The molecule has 3 aliphatic heterocycles. The van der Waals surface area contributed by atoms with Crippen LogP contribution in [0.4, 0.5) is 4.79 Å². The summed E-state index contributed by atoms with van der Waals surface area (Å²) < 4.78 is 38.4. The Morgan fingerprint density at radius 2 is 1.67 bits per heavy atom. The van der Waals surface area contributed by atoms with Crippen LogP contribution in [0.2, 0.25) is 0 Å². The van der Waals surface area contributed by atoms with E-state index in [0.717, 1.165) is 11.3 Å². The van der Waals surface area contributed by atoms with E-state index in [1.54, 1.807) is 58.3 Å². The molecule has 0 saturated carbocycles. The quantitative estimate of drug-likeness (QED) is 0.173. The van der Waals surface area contributed by atoms with Crippen molar-refractivity contribution in [1.82, 2.24) is 24.3 Å².